The number of carbonyl (C=O) groups is 1. The number of hydrogen-bond acceptors (Lipinski definition) is 3. The summed E-state index contributed by atoms with van der Waals surface area (Å²) in [4.78, 5) is 14.3. The number of phenols is 1. The number of aromatic hydroxyl groups is 1. The molecule has 104 valence electrons. The van der Waals surface area contributed by atoms with Crippen molar-refractivity contribution in [2.45, 2.75) is 32.7 Å². The molecule has 19 heavy (non-hydrogen) atoms. The van der Waals surface area contributed by atoms with Crippen molar-refractivity contribution in [3.63, 3.8) is 0 Å². The van der Waals surface area contributed by atoms with Crippen molar-refractivity contribution >= 4 is 5.78 Å². The zero-order valence-corrected chi connectivity index (χ0v) is 11.4. The molecule has 0 aliphatic carbocycles. The smallest absolute Gasteiger partial charge is 0.180 e. The van der Waals surface area contributed by atoms with Gasteiger partial charge in [0, 0.05) is 6.04 Å². The lowest BCUT2D eigenvalue weighted by Crippen LogP contribution is -2.44. The number of carbonyl (C=O) groups excluding carboxylic acids is 1. The van der Waals surface area contributed by atoms with E-state index in [-0.39, 0.29) is 23.6 Å². The third-order valence-electron chi connectivity index (χ3n) is 4.11. The molecule has 0 spiro atoms. The van der Waals surface area contributed by atoms with E-state index >= 15 is 0 Å². The van der Waals surface area contributed by atoms with Gasteiger partial charge in [0.1, 0.15) is 11.6 Å². The van der Waals surface area contributed by atoms with Crippen LogP contribution < -0.4 is 0 Å². The van der Waals surface area contributed by atoms with Gasteiger partial charge in [-0.1, -0.05) is 6.92 Å². The molecular formula is C15H20FNO2. The second-order valence-corrected chi connectivity index (χ2v) is 5.42. The molecule has 1 aliphatic rings. The Morgan fingerprint density at radius 2 is 2.21 bits per heavy atom. The Morgan fingerprint density at radius 1 is 1.47 bits per heavy atom. The lowest BCUT2D eigenvalue weighted by atomic mass is 9.91. The predicted molar refractivity (Wildman–Crippen MR) is 71.8 cm³/mol. The highest BCUT2D eigenvalue weighted by Crippen LogP contribution is 2.24. The monoisotopic (exact) mass is 265 g/mol. The summed E-state index contributed by atoms with van der Waals surface area (Å²) in [6.07, 6.45) is 2.25. The Balaban J connectivity index is 2.10. The van der Waals surface area contributed by atoms with Gasteiger partial charge in [-0.05, 0) is 50.4 Å². The molecule has 2 rings (SSSR count). The molecule has 3 nitrogen and oxygen atoms in total. The molecule has 0 saturated carbocycles. The maximum absolute atomic E-state index is 13.1. The number of piperidine rings is 1. The molecule has 4 heteroatoms. The molecule has 0 amide bonds. The molecule has 1 aliphatic heterocycles. The summed E-state index contributed by atoms with van der Waals surface area (Å²) in [7, 11) is 0. The van der Waals surface area contributed by atoms with Crippen LogP contribution >= 0.6 is 0 Å². The van der Waals surface area contributed by atoms with Crippen LogP contribution in [0.4, 0.5) is 4.39 Å². The number of likely N-dealkylation sites (tertiary alicyclic amines) is 1. The molecule has 0 radical (unpaired) electrons. The highest BCUT2D eigenvalue weighted by molar-refractivity contribution is 6.00. The first kappa shape index (κ1) is 14.0. The number of ketones is 1. The van der Waals surface area contributed by atoms with Gasteiger partial charge in [0.25, 0.3) is 0 Å². The maximum Gasteiger partial charge on any atom is 0.180 e. The minimum absolute atomic E-state index is 0.0745. The van der Waals surface area contributed by atoms with E-state index < -0.39 is 5.82 Å². The Labute approximate surface area is 113 Å². The van der Waals surface area contributed by atoms with Gasteiger partial charge in [-0.15, -0.1) is 0 Å². The SMILES string of the molecule is CC1CCCN(CC(=O)c2cc(F)ccc2O)C1C. The number of phenolic OH excluding ortho intramolecular Hbond substituents is 1. The summed E-state index contributed by atoms with van der Waals surface area (Å²) in [5.41, 5.74) is 0.0745. The van der Waals surface area contributed by atoms with Crippen molar-refractivity contribution in [1.82, 2.24) is 4.90 Å². The Morgan fingerprint density at radius 3 is 2.95 bits per heavy atom. The van der Waals surface area contributed by atoms with Crippen molar-refractivity contribution in [2.75, 3.05) is 13.1 Å². The summed E-state index contributed by atoms with van der Waals surface area (Å²) in [6, 6.07) is 3.83. The summed E-state index contributed by atoms with van der Waals surface area (Å²) in [5, 5.41) is 9.65. The second kappa shape index (κ2) is 5.70. The topological polar surface area (TPSA) is 40.5 Å². The quantitative estimate of drug-likeness (QED) is 0.854. The summed E-state index contributed by atoms with van der Waals surface area (Å²) >= 11 is 0. The Kier molecular flexibility index (Phi) is 4.20. The van der Waals surface area contributed by atoms with Gasteiger partial charge < -0.3 is 5.11 Å². The molecule has 1 heterocycles. The summed E-state index contributed by atoms with van der Waals surface area (Å²) in [6.45, 7) is 5.42. The van der Waals surface area contributed by atoms with E-state index in [9.17, 15) is 14.3 Å². The lowest BCUT2D eigenvalue weighted by Gasteiger charge is -2.37. The van der Waals surface area contributed by atoms with E-state index in [4.69, 9.17) is 0 Å². The number of Topliss-reactive ketones (excluding diaryl/α,β-unsaturated/α-hetero) is 1. The third-order valence-corrected chi connectivity index (χ3v) is 4.11. The van der Waals surface area contributed by atoms with Crippen molar-refractivity contribution in [3.8, 4) is 5.75 Å². The number of nitrogens with zero attached hydrogens (tertiary/aromatic N) is 1. The molecule has 2 unspecified atom stereocenters. The Hall–Kier alpha value is -1.42. The average Bonchev–Trinajstić information content (AvgIpc) is 2.38. The first-order valence-corrected chi connectivity index (χ1v) is 6.75. The summed E-state index contributed by atoms with van der Waals surface area (Å²) < 4.78 is 13.1. The van der Waals surface area contributed by atoms with E-state index in [0.717, 1.165) is 25.1 Å². The van der Waals surface area contributed by atoms with E-state index in [0.29, 0.717) is 12.0 Å². The number of hydrogen-bond donors (Lipinski definition) is 1. The first-order chi connectivity index (χ1) is 8.99. The molecule has 1 N–H and O–H groups in total. The molecular weight excluding hydrogens is 245 g/mol. The molecule has 1 aromatic rings. The van der Waals surface area contributed by atoms with Crippen LogP contribution in [0.3, 0.4) is 0 Å². The average molecular weight is 265 g/mol. The molecule has 2 atom stereocenters. The van der Waals surface area contributed by atoms with Gasteiger partial charge in [0.15, 0.2) is 5.78 Å². The second-order valence-electron chi connectivity index (χ2n) is 5.42. The molecule has 1 fully saturated rings. The molecule has 0 aromatic heterocycles. The highest BCUT2D eigenvalue weighted by Gasteiger charge is 2.27. The Bertz CT molecular complexity index is 475. The van der Waals surface area contributed by atoms with Gasteiger partial charge in [-0.3, -0.25) is 9.69 Å². The van der Waals surface area contributed by atoms with Crippen LogP contribution in [0, 0.1) is 11.7 Å². The van der Waals surface area contributed by atoms with Gasteiger partial charge in [0.2, 0.25) is 0 Å². The van der Waals surface area contributed by atoms with E-state index in [1.54, 1.807) is 0 Å². The van der Waals surface area contributed by atoms with Crippen LogP contribution in [0.25, 0.3) is 0 Å². The molecule has 1 aromatic carbocycles. The van der Waals surface area contributed by atoms with Gasteiger partial charge in [-0.2, -0.15) is 0 Å². The van der Waals surface area contributed by atoms with Gasteiger partial charge >= 0.3 is 0 Å². The van der Waals surface area contributed by atoms with Crippen LogP contribution in [0.5, 0.6) is 5.75 Å². The van der Waals surface area contributed by atoms with Gasteiger partial charge in [0.05, 0.1) is 12.1 Å². The standard InChI is InChI=1S/C15H20FNO2/c1-10-4-3-7-17(11(10)2)9-15(19)13-8-12(16)5-6-14(13)18/h5-6,8,10-11,18H,3-4,7,9H2,1-2H3. The zero-order chi connectivity index (χ0) is 14.0. The van der Waals surface area contributed by atoms with Crippen LogP contribution in [0.1, 0.15) is 37.0 Å². The fraction of sp³-hybridized carbons (Fsp3) is 0.533. The van der Waals surface area contributed by atoms with Crippen LogP contribution in [-0.2, 0) is 0 Å². The molecule has 1 saturated heterocycles. The number of rotatable bonds is 3. The third kappa shape index (κ3) is 3.13. The fourth-order valence-electron chi connectivity index (χ4n) is 2.65. The van der Waals surface area contributed by atoms with Crippen LogP contribution in [0.2, 0.25) is 0 Å². The lowest BCUT2D eigenvalue weighted by molar-refractivity contribution is 0.0776. The van der Waals surface area contributed by atoms with Crippen LogP contribution in [-0.4, -0.2) is 34.9 Å². The van der Waals surface area contributed by atoms with E-state index in [2.05, 4.69) is 18.7 Å². The van der Waals surface area contributed by atoms with E-state index in [1.165, 1.54) is 12.5 Å². The minimum atomic E-state index is -0.499. The number of benzene rings is 1. The van der Waals surface area contributed by atoms with Crippen LogP contribution in [0.15, 0.2) is 18.2 Å². The summed E-state index contributed by atoms with van der Waals surface area (Å²) in [5.74, 6) is -0.314. The predicted octanol–water partition coefficient (Wildman–Crippen LogP) is 2.83. The van der Waals surface area contributed by atoms with Crippen molar-refractivity contribution < 1.29 is 14.3 Å². The maximum atomic E-state index is 13.1. The fourth-order valence-corrected chi connectivity index (χ4v) is 2.65. The minimum Gasteiger partial charge on any atom is -0.507 e. The zero-order valence-electron chi connectivity index (χ0n) is 11.4. The van der Waals surface area contributed by atoms with E-state index in [1.807, 2.05) is 0 Å². The largest absolute Gasteiger partial charge is 0.507 e. The highest BCUT2D eigenvalue weighted by atomic mass is 19.1. The van der Waals surface area contributed by atoms with Crippen molar-refractivity contribution in [3.05, 3.63) is 29.6 Å². The molecule has 0 bridgehead atoms. The van der Waals surface area contributed by atoms with Gasteiger partial charge in [-0.25, -0.2) is 4.39 Å². The van der Waals surface area contributed by atoms with Crippen molar-refractivity contribution in [1.29, 1.82) is 0 Å². The number of halogens is 1. The van der Waals surface area contributed by atoms with Crippen molar-refractivity contribution in [2.24, 2.45) is 5.92 Å². The normalized spacial score (nSPS) is 24.4. The first-order valence-electron chi connectivity index (χ1n) is 6.75.